The number of ether oxygens (including phenoxy) is 2. The van der Waals surface area contributed by atoms with E-state index in [0.717, 1.165) is 0 Å². The lowest BCUT2D eigenvalue weighted by Crippen LogP contribution is -2.00. The van der Waals surface area contributed by atoms with Crippen molar-refractivity contribution in [2.24, 2.45) is 0 Å². The highest BCUT2D eigenvalue weighted by Gasteiger charge is 2.07. The number of rotatable bonds is 4. The lowest BCUT2D eigenvalue weighted by Gasteiger charge is -2.09. The Labute approximate surface area is 121 Å². The normalized spacial score (nSPS) is 9.52. The van der Waals surface area contributed by atoms with Crippen LogP contribution in [0, 0.1) is 28.5 Å². The molecule has 5 heteroatoms. The quantitative estimate of drug-likeness (QED) is 0.864. The van der Waals surface area contributed by atoms with Crippen molar-refractivity contribution in [3.63, 3.8) is 0 Å². The molecule has 0 amide bonds. The van der Waals surface area contributed by atoms with E-state index in [2.05, 4.69) is 0 Å². The van der Waals surface area contributed by atoms with Crippen molar-refractivity contribution in [1.82, 2.24) is 0 Å². The first-order valence-corrected chi connectivity index (χ1v) is 6.07. The number of halogens is 1. The van der Waals surface area contributed by atoms with E-state index in [-0.39, 0.29) is 6.61 Å². The summed E-state index contributed by atoms with van der Waals surface area (Å²) in [6, 6.07) is 12.6. The second-order valence-corrected chi connectivity index (χ2v) is 4.21. The summed E-state index contributed by atoms with van der Waals surface area (Å²) in [5.41, 5.74) is 1.18. The molecule has 0 saturated carbocycles. The molecule has 0 spiro atoms. The third kappa shape index (κ3) is 3.49. The number of nitrogens with zero attached hydrogens (tertiary/aromatic N) is 2. The van der Waals surface area contributed by atoms with E-state index in [1.165, 1.54) is 25.3 Å². The average molecular weight is 282 g/mol. The van der Waals surface area contributed by atoms with E-state index < -0.39 is 5.82 Å². The van der Waals surface area contributed by atoms with E-state index in [1.807, 2.05) is 12.1 Å². The Morgan fingerprint density at radius 3 is 2.48 bits per heavy atom. The molecule has 0 aliphatic rings. The molecular formula is C16H11FN2O2. The Morgan fingerprint density at radius 2 is 1.81 bits per heavy atom. The van der Waals surface area contributed by atoms with E-state index in [0.29, 0.717) is 28.2 Å². The predicted octanol–water partition coefficient (Wildman–Crippen LogP) is 3.16. The smallest absolute Gasteiger partial charge is 0.124 e. The summed E-state index contributed by atoms with van der Waals surface area (Å²) >= 11 is 0. The van der Waals surface area contributed by atoms with Crippen molar-refractivity contribution in [2.45, 2.75) is 6.61 Å². The molecule has 0 atom stereocenters. The van der Waals surface area contributed by atoms with Crippen molar-refractivity contribution in [3.8, 4) is 23.6 Å². The second-order valence-electron chi connectivity index (χ2n) is 4.21. The van der Waals surface area contributed by atoms with Gasteiger partial charge in [-0.3, -0.25) is 0 Å². The van der Waals surface area contributed by atoms with Gasteiger partial charge in [-0.1, -0.05) is 0 Å². The van der Waals surface area contributed by atoms with E-state index in [4.69, 9.17) is 20.0 Å². The fraction of sp³-hybridized carbons (Fsp3) is 0.125. The molecule has 21 heavy (non-hydrogen) atoms. The summed E-state index contributed by atoms with van der Waals surface area (Å²) < 4.78 is 23.8. The third-order valence-corrected chi connectivity index (χ3v) is 2.83. The van der Waals surface area contributed by atoms with Gasteiger partial charge in [0.25, 0.3) is 0 Å². The van der Waals surface area contributed by atoms with Crippen LogP contribution in [0.5, 0.6) is 11.5 Å². The molecule has 2 aromatic rings. The zero-order chi connectivity index (χ0) is 15.2. The summed E-state index contributed by atoms with van der Waals surface area (Å²) in [5, 5.41) is 17.9. The molecular weight excluding hydrogens is 271 g/mol. The van der Waals surface area contributed by atoms with Crippen LogP contribution in [0.3, 0.4) is 0 Å². The van der Waals surface area contributed by atoms with Crippen LogP contribution < -0.4 is 9.47 Å². The minimum absolute atomic E-state index is 0.0265. The number of hydrogen-bond donors (Lipinski definition) is 0. The zero-order valence-corrected chi connectivity index (χ0v) is 11.3. The summed E-state index contributed by atoms with van der Waals surface area (Å²) in [4.78, 5) is 0. The highest BCUT2D eigenvalue weighted by atomic mass is 19.1. The maximum absolute atomic E-state index is 13.2. The number of hydrogen-bond acceptors (Lipinski definition) is 4. The van der Waals surface area contributed by atoms with Crippen molar-refractivity contribution < 1.29 is 13.9 Å². The van der Waals surface area contributed by atoms with Gasteiger partial charge in [0.2, 0.25) is 0 Å². The zero-order valence-electron chi connectivity index (χ0n) is 11.3. The van der Waals surface area contributed by atoms with Gasteiger partial charge in [-0.25, -0.2) is 4.39 Å². The Bertz CT molecular complexity index is 745. The van der Waals surface area contributed by atoms with E-state index in [1.54, 1.807) is 18.2 Å². The molecule has 0 radical (unpaired) electrons. The predicted molar refractivity (Wildman–Crippen MR) is 73.2 cm³/mol. The summed E-state index contributed by atoms with van der Waals surface area (Å²) in [6.07, 6.45) is 0. The molecule has 0 aliphatic carbocycles. The highest BCUT2D eigenvalue weighted by Crippen LogP contribution is 2.23. The monoisotopic (exact) mass is 282 g/mol. The first-order valence-electron chi connectivity index (χ1n) is 6.07. The minimum Gasteiger partial charge on any atom is -0.497 e. The largest absolute Gasteiger partial charge is 0.497 e. The summed E-state index contributed by atoms with van der Waals surface area (Å²) in [5.74, 6) is 0.471. The molecule has 0 N–H and O–H groups in total. The van der Waals surface area contributed by atoms with Crippen LogP contribution in [0.1, 0.15) is 16.7 Å². The van der Waals surface area contributed by atoms with Crippen molar-refractivity contribution in [1.29, 1.82) is 10.5 Å². The first kappa shape index (κ1) is 14.4. The molecule has 0 fully saturated rings. The highest BCUT2D eigenvalue weighted by molar-refractivity contribution is 5.44. The van der Waals surface area contributed by atoms with Crippen LogP contribution in [0.2, 0.25) is 0 Å². The lowest BCUT2D eigenvalue weighted by molar-refractivity contribution is 0.302. The number of benzene rings is 2. The van der Waals surface area contributed by atoms with Crippen LogP contribution in [0.25, 0.3) is 0 Å². The van der Waals surface area contributed by atoms with Gasteiger partial charge in [0, 0.05) is 11.6 Å². The Kier molecular flexibility index (Phi) is 4.38. The fourth-order valence-electron chi connectivity index (χ4n) is 1.79. The summed E-state index contributed by atoms with van der Waals surface area (Å²) in [7, 11) is 1.49. The fourth-order valence-corrected chi connectivity index (χ4v) is 1.79. The van der Waals surface area contributed by atoms with Gasteiger partial charge in [-0.05, 0) is 30.3 Å². The van der Waals surface area contributed by atoms with Gasteiger partial charge in [0.1, 0.15) is 23.9 Å². The van der Waals surface area contributed by atoms with Crippen molar-refractivity contribution >= 4 is 0 Å². The van der Waals surface area contributed by atoms with Crippen LogP contribution in [0.15, 0.2) is 36.4 Å². The van der Waals surface area contributed by atoms with Gasteiger partial charge in [0.15, 0.2) is 0 Å². The Balaban J connectivity index is 2.23. The maximum Gasteiger partial charge on any atom is 0.124 e. The van der Waals surface area contributed by atoms with Crippen LogP contribution in [-0.2, 0) is 6.61 Å². The van der Waals surface area contributed by atoms with Crippen molar-refractivity contribution in [3.05, 3.63) is 58.9 Å². The molecule has 2 rings (SSSR count). The van der Waals surface area contributed by atoms with Crippen LogP contribution >= 0.6 is 0 Å². The minimum atomic E-state index is -0.434. The van der Waals surface area contributed by atoms with Crippen LogP contribution in [-0.4, -0.2) is 7.11 Å². The molecule has 2 aromatic carbocycles. The SMILES string of the molecule is COc1cc(C#N)cc(OCc2cc(F)ccc2C#N)c1. The van der Waals surface area contributed by atoms with Gasteiger partial charge in [-0.15, -0.1) is 0 Å². The van der Waals surface area contributed by atoms with Crippen LogP contribution in [0.4, 0.5) is 4.39 Å². The second kappa shape index (κ2) is 6.40. The molecule has 0 aliphatic heterocycles. The standard InChI is InChI=1S/C16H11FN2O2/c1-20-15-4-11(8-18)5-16(7-15)21-10-13-6-14(17)3-2-12(13)9-19/h2-7H,10H2,1H3. The molecule has 0 saturated heterocycles. The lowest BCUT2D eigenvalue weighted by atomic mass is 10.1. The molecule has 0 aromatic heterocycles. The molecule has 0 unspecified atom stereocenters. The Morgan fingerprint density at radius 1 is 1.05 bits per heavy atom. The first-order chi connectivity index (χ1) is 10.2. The summed E-state index contributed by atoms with van der Waals surface area (Å²) in [6.45, 7) is 0.0265. The van der Waals surface area contributed by atoms with E-state index >= 15 is 0 Å². The average Bonchev–Trinajstić information content (AvgIpc) is 2.52. The molecule has 104 valence electrons. The van der Waals surface area contributed by atoms with Gasteiger partial charge >= 0.3 is 0 Å². The molecule has 0 heterocycles. The Hall–Kier alpha value is -3.05. The molecule has 0 bridgehead atoms. The van der Waals surface area contributed by atoms with Crippen molar-refractivity contribution in [2.75, 3.05) is 7.11 Å². The van der Waals surface area contributed by atoms with Gasteiger partial charge in [0.05, 0.1) is 30.4 Å². The van der Waals surface area contributed by atoms with Gasteiger partial charge in [-0.2, -0.15) is 10.5 Å². The topological polar surface area (TPSA) is 66.0 Å². The number of nitriles is 2. The third-order valence-electron chi connectivity index (χ3n) is 2.83. The number of methoxy groups -OCH3 is 1. The van der Waals surface area contributed by atoms with E-state index in [9.17, 15) is 4.39 Å². The van der Waals surface area contributed by atoms with Gasteiger partial charge < -0.3 is 9.47 Å². The maximum atomic E-state index is 13.2. The molecule has 4 nitrogen and oxygen atoms in total.